The zero-order valence-corrected chi connectivity index (χ0v) is 10.3. The quantitative estimate of drug-likeness (QED) is 0.636. The van der Waals surface area contributed by atoms with Crippen molar-refractivity contribution in [1.82, 2.24) is 5.32 Å². The second kappa shape index (κ2) is 6.47. The van der Waals surface area contributed by atoms with Gasteiger partial charge in [0.15, 0.2) is 0 Å². The molecule has 0 saturated heterocycles. The monoisotopic (exact) mass is 215 g/mol. The summed E-state index contributed by atoms with van der Waals surface area (Å²) in [6.45, 7) is 4.96. The minimum atomic E-state index is -0.890. The average molecular weight is 215 g/mol. The molecule has 1 unspecified atom stereocenters. The van der Waals surface area contributed by atoms with E-state index in [1.54, 1.807) is 0 Å². The van der Waals surface area contributed by atoms with Crippen molar-refractivity contribution in [3.8, 4) is 0 Å². The standard InChI is InChI=1S/C13H26FN/c1-3-4-5-8-12(2)15-11-13(14)9-6-7-10-13/h12,15H,3-11H2,1-2H3. The Kier molecular flexibility index (Phi) is 5.59. The van der Waals surface area contributed by atoms with E-state index in [2.05, 4.69) is 19.2 Å². The summed E-state index contributed by atoms with van der Waals surface area (Å²) in [6, 6.07) is 0.477. The van der Waals surface area contributed by atoms with Crippen LogP contribution in [0.25, 0.3) is 0 Å². The van der Waals surface area contributed by atoms with Gasteiger partial charge in [-0.1, -0.05) is 39.0 Å². The Balaban J connectivity index is 2.07. The first kappa shape index (κ1) is 13.0. The molecule has 90 valence electrons. The fourth-order valence-electron chi connectivity index (χ4n) is 2.35. The molecule has 1 N–H and O–H groups in total. The third-order valence-electron chi connectivity index (χ3n) is 3.51. The summed E-state index contributed by atoms with van der Waals surface area (Å²) in [5.74, 6) is 0. The van der Waals surface area contributed by atoms with E-state index in [4.69, 9.17) is 0 Å². The Morgan fingerprint density at radius 1 is 1.27 bits per heavy atom. The molecule has 1 rings (SSSR count). The van der Waals surface area contributed by atoms with Gasteiger partial charge in [-0.2, -0.15) is 0 Å². The van der Waals surface area contributed by atoms with E-state index in [9.17, 15) is 4.39 Å². The molecule has 0 aliphatic heterocycles. The van der Waals surface area contributed by atoms with Gasteiger partial charge < -0.3 is 5.32 Å². The maximum atomic E-state index is 14.0. The van der Waals surface area contributed by atoms with Crippen LogP contribution in [-0.2, 0) is 0 Å². The summed E-state index contributed by atoms with van der Waals surface area (Å²) >= 11 is 0. The van der Waals surface area contributed by atoms with Crippen LogP contribution >= 0.6 is 0 Å². The van der Waals surface area contributed by atoms with Crippen molar-refractivity contribution in [2.24, 2.45) is 0 Å². The number of alkyl halides is 1. The Morgan fingerprint density at radius 3 is 2.53 bits per heavy atom. The highest BCUT2D eigenvalue weighted by Crippen LogP contribution is 2.32. The molecular weight excluding hydrogens is 189 g/mol. The van der Waals surface area contributed by atoms with Crippen LogP contribution in [-0.4, -0.2) is 18.3 Å². The molecule has 1 aliphatic rings. The number of halogens is 1. The van der Waals surface area contributed by atoms with Gasteiger partial charge in [-0.25, -0.2) is 4.39 Å². The second-order valence-corrected chi connectivity index (χ2v) is 5.14. The van der Waals surface area contributed by atoms with E-state index in [0.717, 1.165) is 25.7 Å². The highest BCUT2D eigenvalue weighted by molar-refractivity contribution is 4.87. The number of hydrogen-bond donors (Lipinski definition) is 1. The number of rotatable bonds is 7. The molecule has 0 amide bonds. The van der Waals surface area contributed by atoms with Crippen LogP contribution < -0.4 is 5.32 Å². The average Bonchev–Trinajstić information content (AvgIpc) is 2.64. The van der Waals surface area contributed by atoms with Crippen molar-refractivity contribution in [2.75, 3.05) is 6.54 Å². The molecule has 1 aliphatic carbocycles. The summed E-state index contributed by atoms with van der Waals surface area (Å²) in [7, 11) is 0. The Bertz CT molecular complexity index is 164. The molecule has 0 aromatic carbocycles. The molecule has 0 heterocycles. The van der Waals surface area contributed by atoms with Gasteiger partial charge in [0.1, 0.15) is 5.67 Å². The van der Waals surface area contributed by atoms with Crippen molar-refractivity contribution >= 4 is 0 Å². The van der Waals surface area contributed by atoms with Crippen molar-refractivity contribution in [1.29, 1.82) is 0 Å². The van der Waals surface area contributed by atoms with Crippen LogP contribution in [0.1, 0.15) is 65.2 Å². The van der Waals surface area contributed by atoms with E-state index >= 15 is 0 Å². The minimum Gasteiger partial charge on any atom is -0.311 e. The Labute approximate surface area is 93.8 Å². The lowest BCUT2D eigenvalue weighted by Crippen LogP contribution is -2.38. The van der Waals surface area contributed by atoms with E-state index in [1.807, 2.05) is 0 Å². The highest BCUT2D eigenvalue weighted by atomic mass is 19.1. The molecule has 1 fully saturated rings. The van der Waals surface area contributed by atoms with Gasteiger partial charge in [-0.05, 0) is 26.2 Å². The van der Waals surface area contributed by atoms with Gasteiger partial charge >= 0.3 is 0 Å². The summed E-state index contributed by atoms with van der Waals surface area (Å²) < 4.78 is 14.0. The molecule has 1 saturated carbocycles. The van der Waals surface area contributed by atoms with Crippen LogP contribution in [0.2, 0.25) is 0 Å². The summed E-state index contributed by atoms with van der Waals surface area (Å²) in [5, 5.41) is 3.35. The van der Waals surface area contributed by atoms with Gasteiger partial charge in [0.05, 0.1) is 0 Å². The van der Waals surface area contributed by atoms with E-state index < -0.39 is 5.67 Å². The maximum Gasteiger partial charge on any atom is 0.123 e. The number of nitrogens with one attached hydrogen (secondary N) is 1. The SMILES string of the molecule is CCCCCC(C)NCC1(F)CCCC1. The van der Waals surface area contributed by atoms with E-state index in [0.29, 0.717) is 12.6 Å². The fraction of sp³-hybridized carbons (Fsp3) is 1.00. The maximum absolute atomic E-state index is 14.0. The third kappa shape index (κ3) is 4.96. The third-order valence-corrected chi connectivity index (χ3v) is 3.51. The molecule has 0 aromatic heterocycles. The highest BCUT2D eigenvalue weighted by Gasteiger charge is 2.33. The van der Waals surface area contributed by atoms with Crippen LogP contribution in [0.5, 0.6) is 0 Å². The van der Waals surface area contributed by atoms with Crippen LogP contribution in [0, 0.1) is 0 Å². The van der Waals surface area contributed by atoms with Crippen molar-refractivity contribution < 1.29 is 4.39 Å². The second-order valence-electron chi connectivity index (χ2n) is 5.14. The lowest BCUT2D eigenvalue weighted by Gasteiger charge is -2.22. The van der Waals surface area contributed by atoms with Crippen molar-refractivity contribution in [3.05, 3.63) is 0 Å². The summed E-state index contributed by atoms with van der Waals surface area (Å²) in [6.07, 6.45) is 8.69. The fourth-order valence-corrected chi connectivity index (χ4v) is 2.35. The molecular formula is C13H26FN. The van der Waals surface area contributed by atoms with Crippen molar-refractivity contribution in [2.45, 2.75) is 76.9 Å². The zero-order chi connectivity index (χ0) is 11.1. The van der Waals surface area contributed by atoms with Crippen LogP contribution in [0.4, 0.5) is 4.39 Å². The molecule has 2 heteroatoms. The predicted molar refractivity (Wildman–Crippen MR) is 63.9 cm³/mol. The number of unbranched alkanes of at least 4 members (excludes halogenated alkanes) is 2. The first-order chi connectivity index (χ1) is 7.16. The molecule has 1 nitrogen and oxygen atoms in total. The smallest absolute Gasteiger partial charge is 0.123 e. The largest absolute Gasteiger partial charge is 0.311 e. The Morgan fingerprint density at radius 2 is 1.93 bits per heavy atom. The molecule has 0 bridgehead atoms. The molecule has 0 spiro atoms. The Hall–Kier alpha value is -0.110. The van der Waals surface area contributed by atoms with Crippen LogP contribution in [0.3, 0.4) is 0 Å². The van der Waals surface area contributed by atoms with Gasteiger partial charge in [-0.3, -0.25) is 0 Å². The zero-order valence-electron chi connectivity index (χ0n) is 10.3. The van der Waals surface area contributed by atoms with Gasteiger partial charge in [-0.15, -0.1) is 0 Å². The first-order valence-corrected chi connectivity index (χ1v) is 6.58. The minimum absolute atomic E-state index is 0.477. The molecule has 0 radical (unpaired) electrons. The lowest BCUT2D eigenvalue weighted by atomic mass is 10.0. The molecule has 1 atom stereocenters. The van der Waals surface area contributed by atoms with E-state index in [1.165, 1.54) is 25.7 Å². The van der Waals surface area contributed by atoms with Gasteiger partial charge in [0, 0.05) is 12.6 Å². The normalized spacial score (nSPS) is 21.8. The van der Waals surface area contributed by atoms with Gasteiger partial charge in [0.2, 0.25) is 0 Å². The molecule has 15 heavy (non-hydrogen) atoms. The van der Waals surface area contributed by atoms with E-state index in [-0.39, 0.29) is 0 Å². The molecule has 0 aromatic rings. The predicted octanol–water partition coefficient (Wildman–Crippen LogP) is 3.83. The number of hydrogen-bond acceptors (Lipinski definition) is 1. The first-order valence-electron chi connectivity index (χ1n) is 6.58. The topological polar surface area (TPSA) is 12.0 Å². The van der Waals surface area contributed by atoms with Gasteiger partial charge in [0.25, 0.3) is 0 Å². The lowest BCUT2D eigenvalue weighted by molar-refractivity contribution is 0.162. The summed E-state index contributed by atoms with van der Waals surface area (Å²) in [4.78, 5) is 0. The van der Waals surface area contributed by atoms with Crippen molar-refractivity contribution in [3.63, 3.8) is 0 Å². The summed E-state index contributed by atoms with van der Waals surface area (Å²) in [5.41, 5.74) is -0.890. The van der Waals surface area contributed by atoms with Crippen LogP contribution in [0.15, 0.2) is 0 Å².